The Morgan fingerprint density at radius 3 is 2.80 bits per heavy atom. The van der Waals surface area contributed by atoms with Gasteiger partial charge >= 0.3 is 0 Å². The van der Waals surface area contributed by atoms with Crippen LogP contribution in [0.2, 0.25) is 0 Å². The maximum absolute atomic E-state index is 13.1. The van der Waals surface area contributed by atoms with Crippen molar-refractivity contribution in [1.29, 1.82) is 0 Å². The summed E-state index contributed by atoms with van der Waals surface area (Å²) in [4.78, 5) is 29.3. The monoisotopic (exact) mass is 344 g/mol. The third kappa shape index (κ3) is 2.78. The van der Waals surface area contributed by atoms with Crippen LogP contribution in [0.4, 0.5) is 5.69 Å². The Hall–Kier alpha value is -2.08. The summed E-state index contributed by atoms with van der Waals surface area (Å²) in [5, 5.41) is 0. The second kappa shape index (κ2) is 6.33. The van der Waals surface area contributed by atoms with E-state index in [1.165, 1.54) is 0 Å². The molecule has 0 aliphatic carbocycles. The summed E-state index contributed by atoms with van der Waals surface area (Å²) in [5.74, 6) is 0.522. The van der Waals surface area contributed by atoms with E-state index in [1.807, 2.05) is 29.2 Å². The Balaban J connectivity index is 1.57. The molecule has 3 aliphatic heterocycles. The molecule has 4 rings (SSSR count). The van der Waals surface area contributed by atoms with E-state index in [0.717, 1.165) is 32.2 Å². The minimum Gasteiger partial charge on any atom is -0.479 e. The van der Waals surface area contributed by atoms with Crippen LogP contribution >= 0.6 is 0 Å². The van der Waals surface area contributed by atoms with Gasteiger partial charge in [0.2, 0.25) is 5.91 Å². The van der Waals surface area contributed by atoms with Gasteiger partial charge in [-0.25, -0.2) is 0 Å². The van der Waals surface area contributed by atoms with Crippen LogP contribution in [-0.2, 0) is 14.3 Å². The highest BCUT2D eigenvalue weighted by atomic mass is 16.5. The van der Waals surface area contributed by atoms with Crippen molar-refractivity contribution in [2.45, 2.75) is 44.2 Å². The lowest BCUT2D eigenvalue weighted by Crippen LogP contribution is -2.55. The Morgan fingerprint density at radius 1 is 1.24 bits per heavy atom. The quantitative estimate of drug-likeness (QED) is 0.823. The summed E-state index contributed by atoms with van der Waals surface area (Å²) in [6, 6.07) is 7.41. The van der Waals surface area contributed by atoms with Gasteiger partial charge in [-0.3, -0.25) is 14.5 Å². The molecule has 6 heteroatoms. The minimum atomic E-state index is -0.571. The number of amides is 2. The summed E-state index contributed by atoms with van der Waals surface area (Å²) in [6.07, 6.45) is 3.27. The summed E-state index contributed by atoms with van der Waals surface area (Å²) < 4.78 is 11.2. The first-order valence-corrected chi connectivity index (χ1v) is 9.06. The average molecular weight is 344 g/mol. The normalized spacial score (nSPS) is 25.0. The number of rotatable bonds is 2. The Bertz CT molecular complexity index is 684. The lowest BCUT2D eigenvalue weighted by molar-refractivity contribution is -0.139. The zero-order valence-electron chi connectivity index (χ0n) is 14.6. The molecule has 2 amide bonds. The van der Waals surface area contributed by atoms with Crippen LogP contribution in [0, 0.1) is 0 Å². The van der Waals surface area contributed by atoms with Crippen molar-refractivity contribution in [3.05, 3.63) is 24.3 Å². The lowest BCUT2D eigenvalue weighted by Gasteiger charge is -2.42. The van der Waals surface area contributed by atoms with Gasteiger partial charge in [-0.2, -0.15) is 0 Å². The molecule has 0 radical (unpaired) electrons. The van der Waals surface area contributed by atoms with Crippen molar-refractivity contribution in [2.24, 2.45) is 0 Å². The zero-order chi connectivity index (χ0) is 17.4. The van der Waals surface area contributed by atoms with E-state index in [1.54, 1.807) is 11.8 Å². The van der Waals surface area contributed by atoms with E-state index >= 15 is 0 Å². The van der Waals surface area contributed by atoms with Gasteiger partial charge < -0.3 is 14.4 Å². The van der Waals surface area contributed by atoms with Gasteiger partial charge in [0.05, 0.1) is 5.69 Å². The summed E-state index contributed by atoms with van der Waals surface area (Å²) in [5.41, 5.74) is 0.606. The molecule has 0 aromatic heterocycles. The highest BCUT2D eigenvalue weighted by Gasteiger charge is 2.45. The van der Waals surface area contributed by atoms with Gasteiger partial charge in [-0.15, -0.1) is 0 Å². The maximum atomic E-state index is 13.1. The van der Waals surface area contributed by atoms with E-state index in [4.69, 9.17) is 9.47 Å². The number of ether oxygens (including phenoxy) is 2. The first kappa shape index (κ1) is 16.4. The van der Waals surface area contributed by atoms with Crippen LogP contribution in [0.25, 0.3) is 0 Å². The van der Waals surface area contributed by atoms with Crippen molar-refractivity contribution >= 4 is 17.5 Å². The van der Waals surface area contributed by atoms with Crippen LogP contribution in [0.1, 0.15) is 32.6 Å². The number of hydrogen-bond acceptors (Lipinski definition) is 4. The number of hydrogen-bond donors (Lipinski definition) is 0. The van der Waals surface area contributed by atoms with E-state index in [0.29, 0.717) is 24.7 Å². The van der Waals surface area contributed by atoms with Crippen LogP contribution in [0.5, 0.6) is 5.75 Å². The van der Waals surface area contributed by atoms with E-state index in [-0.39, 0.29) is 23.9 Å². The van der Waals surface area contributed by atoms with Gasteiger partial charge in [0.15, 0.2) is 6.10 Å². The number of benzene rings is 1. The number of fused-ring (bicyclic) bond motifs is 1. The number of likely N-dealkylation sites (tertiary alicyclic amines) is 1. The number of carbonyl (C=O) groups is 2. The van der Waals surface area contributed by atoms with Crippen LogP contribution in [0.3, 0.4) is 0 Å². The molecule has 3 heterocycles. The van der Waals surface area contributed by atoms with Crippen molar-refractivity contribution in [2.75, 3.05) is 31.2 Å². The molecular weight excluding hydrogens is 320 g/mol. The van der Waals surface area contributed by atoms with Crippen LogP contribution in [0.15, 0.2) is 24.3 Å². The SMILES string of the molecule is CC1Oc2ccccc2N(CC(=O)N2CCCC23CCOCC3)C1=O. The van der Waals surface area contributed by atoms with Crippen molar-refractivity contribution < 1.29 is 19.1 Å². The summed E-state index contributed by atoms with van der Waals surface area (Å²) in [6.45, 7) is 3.99. The molecule has 1 aromatic carbocycles. The third-order valence-corrected chi connectivity index (χ3v) is 5.69. The Labute approximate surface area is 147 Å². The first-order valence-electron chi connectivity index (χ1n) is 9.06. The fourth-order valence-electron chi connectivity index (χ4n) is 4.34. The largest absolute Gasteiger partial charge is 0.479 e. The molecule has 1 unspecified atom stereocenters. The average Bonchev–Trinajstić information content (AvgIpc) is 3.02. The molecule has 134 valence electrons. The lowest BCUT2D eigenvalue weighted by atomic mass is 9.87. The second-order valence-corrected chi connectivity index (χ2v) is 7.14. The van der Waals surface area contributed by atoms with Crippen LogP contribution in [-0.4, -0.2) is 54.7 Å². The van der Waals surface area contributed by atoms with Gasteiger partial charge in [0, 0.05) is 25.3 Å². The van der Waals surface area contributed by atoms with Gasteiger partial charge in [-0.05, 0) is 44.7 Å². The minimum absolute atomic E-state index is 0.0247. The molecule has 0 saturated carbocycles. The molecule has 1 spiro atoms. The second-order valence-electron chi connectivity index (χ2n) is 7.14. The topological polar surface area (TPSA) is 59.1 Å². The Morgan fingerprint density at radius 2 is 2.00 bits per heavy atom. The molecular formula is C19H24N2O4. The number of nitrogens with zero attached hydrogens (tertiary/aromatic N) is 2. The standard InChI is InChI=1S/C19H24N2O4/c1-14-18(23)20(15-5-2-3-6-16(15)25-14)13-17(22)21-10-4-7-19(21)8-11-24-12-9-19/h2-3,5-6,14H,4,7-13H2,1H3. The van der Waals surface area contributed by atoms with Gasteiger partial charge in [-0.1, -0.05) is 12.1 Å². The fourth-order valence-corrected chi connectivity index (χ4v) is 4.34. The molecule has 6 nitrogen and oxygen atoms in total. The smallest absolute Gasteiger partial charge is 0.268 e. The molecule has 25 heavy (non-hydrogen) atoms. The molecule has 0 bridgehead atoms. The first-order chi connectivity index (χ1) is 12.1. The van der Waals surface area contributed by atoms with E-state index in [2.05, 4.69) is 0 Å². The molecule has 0 N–H and O–H groups in total. The maximum Gasteiger partial charge on any atom is 0.268 e. The summed E-state index contributed by atoms with van der Waals surface area (Å²) >= 11 is 0. The van der Waals surface area contributed by atoms with Crippen LogP contribution < -0.4 is 9.64 Å². The predicted molar refractivity (Wildman–Crippen MR) is 92.6 cm³/mol. The number of para-hydroxylation sites is 2. The highest BCUT2D eigenvalue weighted by molar-refractivity contribution is 6.03. The molecule has 1 atom stereocenters. The molecule has 2 saturated heterocycles. The van der Waals surface area contributed by atoms with E-state index < -0.39 is 6.10 Å². The number of carbonyl (C=O) groups excluding carboxylic acids is 2. The molecule has 3 aliphatic rings. The van der Waals surface area contributed by atoms with Crippen molar-refractivity contribution in [3.8, 4) is 5.75 Å². The van der Waals surface area contributed by atoms with Gasteiger partial charge in [0.1, 0.15) is 12.3 Å². The van der Waals surface area contributed by atoms with Crippen molar-refractivity contribution in [1.82, 2.24) is 4.90 Å². The van der Waals surface area contributed by atoms with Gasteiger partial charge in [0.25, 0.3) is 5.91 Å². The predicted octanol–water partition coefficient (Wildman–Crippen LogP) is 1.97. The highest BCUT2D eigenvalue weighted by Crippen LogP contribution is 2.39. The Kier molecular flexibility index (Phi) is 4.15. The summed E-state index contributed by atoms with van der Waals surface area (Å²) in [7, 11) is 0. The van der Waals surface area contributed by atoms with E-state index in [9.17, 15) is 9.59 Å². The number of anilines is 1. The fraction of sp³-hybridized carbons (Fsp3) is 0.579. The third-order valence-electron chi connectivity index (χ3n) is 5.69. The molecule has 1 aromatic rings. The molecule has 2 fully saturated rings. The zero-order valence-corrected chi connectivity index (χ0v) is 14.6. The van der Waals surface area contributed by atoms with Crippen molar-refractivity contribution in [3.63, 3.8) is 0 Å².